The predicted molar refractivity (Wildman–Crippen MR) is 64.9 cm³/mol. The van der Waals surface area contributed by atoms with Gasteiger partial charge < -0.3 is 4.52 Å². The van der Waals surface area contributed by atoms with Crippen LogP contribution < -0.4 is 4.52 Å². The topological polar surface area (TPSA) is 45.7 Å². The second-order valence-electron chi connectivity index (χ2n) is 3.59. The van der Waals surface area contributed by atoms with Gasteiger partial charge in [0.05, 0.1) is 5.02 Å². The average molecular weight is 264 g/mol. The van der Waals surface area contributed by atoms with E-state index in [4.69, 9.17) is 16.1 Å². The molecule has 0 unspecified atom stereocenters. The lowest BCUT2D eigenvalue weighted by Crippen LogP contribution is -2.24. The Morgan fingerprint density at radius 1 is 1.25 bits per heavy atom. The second kappa shape index (κ2) is 5.15. The van der Waals surface area contributed by atoms with Crippen LogP contribution in [0.2, 0.25) is 5.02 Å². The smallest absolute Gasteiger partial charge is 0.395 e. The first kappa shape index (κ1) is 13.5. The van der Waals surface area contributed by atoms with E-state index in [1.807, 2.05) is 0 Å². The van der Waals surface area contributed by atoms with Crippen LogP contribution in [-0.4, -0.2) is 42.5 Å². The molecular weight excluding hydrogens is 249 g/mol. The van der Waals surface area contributed by atoms with Crippen LogP contribution in [0.1, 0.15) is 0 Å². The molecular formula is C9H15ClN3O2P. The lowest BCUT2D eigenvalue weighted by Gasteiger charge is -2.28. The largest absolute Gasteiger partial charge is 0.403 e. The fraction of sp³-hybridized carbons (Fsp3) is 0.444. The standard InChI is InChI=1S/C9H15ClN3O2P/c1-12(2)16(14,13(3)4)15-9-6-5-8(10)7-11-9/h5-7H,1-4H3. The first-order chi connectivity index (χ1) is 7.36. The summed E-state index contributed by atoms with van der Waals surface area (Å²) in [7, 11) is 3.73. The minimum absolute atomic E-state index is 0.287. The van der Waals surface area contributed by atoms with Crippen molar-refractivity contribution in [3.8, 4) is 5.88 Å². The van der Waals surface area contributed by atoms with E-state index in [1.165, 1.54) is 15.5 Å². The maximum atomic E-state index is 12.4. The molecule has 0 bridgehead atoms. The van der Waals surface area contributed by atoms with Gasteiger partial charge in [-0.25, -0.2) is 18.9 Å². The number of pyridine rings is 1. The van der Waals surface area contributed by atoms with E-state index in [0.29, 0.717) is 5.02 Å². The molecule has 7 heteroatoms. The Bertz CT molecular complexity index is 382. The molecule has 0 aliphatic rings. The number of halogens is 1. The van der Waals surface area contributed by atoms with Gasteiger partial charge in [0.2, 0.25) is 5.88 Å². The molecule has 0 aromatic carbocycles. The molecule has 1 aromatic rings. The Hall–Kier alpha value is -0.610. The molecule has 0 spiro atoms. The van der Waals surface area contributed by atoms with Crippen LogP contribution in [0.5, 0.6) is 5.88 Å². The molecule has 5 nitrogen and oxygen atoms in total. The van der Waals surface area contributed by atoms with Crippen molar-refractivity contribution in [2.75, 3.05) is 28.2 Å². The summed E-state index contributed by atoms with van der Waals surface area (Å²) >= 11 is 5.70. The fourth-order valence-corrected chi connectivity index (χ4v) is 2.56. The third kappa shape index (κ3) is 2.95. The summed E-state index contributed by atoms with van der Waals surface area (Å²) in [5, 5.41) is 0.511. The van der Waals surface area contributed by atoms with E-state index in [-0.39, 0.29) is 5.88 Å². The van der Waals surface area contributed by atoms with E-state index in [0.717, 1.165) is 0 Å². The minimum atomic E-state index is -3.04. The van der Waals surface area contributed by atoms with Gasteiger partial charge in [-0.05, 0) is 34.3 Å². The SMILES string of the molecule is CN(C)P(=O)(Oc1ccc(Cl)cn1)N(C)C. The van der Waals surface area contributed by atoms with Crippen molar-refractivity contribution >= 4 is 19.3 Å². The minimum Gasteiger partial charge on any atom is -0.403 e. The molecule has 1 rings (SSSR count). The quantitative estimate of drug-likeness (QED) is 0.781. The van der Waals surface area contributed by atoms with Gasteiger partial charge in [0.15, 0.2) is 0 Å². The number of hydrogen-bond donors (Lipinski definition) is 0. The normalized spacial score (nSPS) is 12.2. The maximum Gasteiger partial charge on any atom is 0.395 e. The molecule has 1 aromatic heterocycles. The van der Waals surface area contributed by atoms with Gasteiger partial charge in [-0.2, -0.15) is 0 Å². The third-order valence-electron chi connectivity index (χ3n) is 1.92. The molecule has 0 radical (unpaired) electrons. The van der Waals surface area contributed by atoms with Crippen molar-refractivity contribution in [1.82, 2.24) is 14.3 Å². The first-order valence-corrected chi connectivity index (χ1v) is 6.54. The third-order valence-corrected chi connectivity index (χ3v) is 4.59. The van der Waals surface area contributed by atoms with Crippen LogP contribution in [0, 0.1) is 0 Å². The van der Waals surface area contributed by atoms with E-state index in [9.17, 15) is 4.57 Å². The Balaban J connectivity index is 2.93. The van der Waals surface area contributed by atoms with Crippen LogP contribution in [-0.2, 0) is 4.57 Å². The summed E-state index contributed by atoms with van der Waals surface area (Å²) in [4.78, 5) is 3.95. The van der Waals surface area contributed by atoms with Crippen LogP contribution in [0.15, 0.2) is 18.3 Å². The van der Waals surface area contributed by atoms with Crippen molar-refractivity contribution in [2.24, 2.45) is 0 Å². The Morgan fingerprint density at radius 2 is 1.81 bits per heavy atom. The van der Waals surface area contributed by atoms with Gasteiger partial charge in [0.25, 0.3) is 0 Å². The Morgan fingerprint density at radius 3 is 2.19 bits per heavy atom. The Kier molecular flexibility index (Phi) is 4.33. The van der Waals surface area contributed by atoms with E-state index < -0.39 is 7.67 Å². The van der Waals surface area contributed by atoms with Gasteiger partial charge in [-0.1, -0.05) is 11.6 Å². The van der Waals surface area contributed by atoms with Gasteiger partial charge in [-0.15, -0.1) is 0 Å². The highest BCUT2D eigenvalue weighted by Gasteiger charge is 2.31. The molecule has 0 saturated heterocycles. The lowest BCUT2D eigenvalue weighted by atomic mass is 10.5. The molecule has 0 aliphatic heterocycles. The van der Waals surface area contributed by atoms with Gasteiger partial charge in [-0.3, -0.25) is 0 Å². The van der Waals surface area contributed by atoms with Crippen molar-refractivity contribution in [1.29, 1.82) is 0 Å². The summed E-state index contributed by atoms with van der Waals surface area (Å²) in [6, 6.07) is 3.22. The summed E-state index contributed by atoms with van der Waals surface area (Å²) < 4.78 is 20.9. The van der Waals surface area contributed by atoms with Crippen molar-refractivity contribution < 1.29 is 9.09 Å². The van der Waals surface area contributed by atoms with Gasteiger partial charge >= 0.3 is 7.67 Å². The maximum absolute atomic E-state index is 12.4. The highest BCUT2D eigenvalue weighted by atomic mass is 35.5. The Labute approximate surface area is 101 Å². The van der Waals surface area contributed by atoms with Crippen molar-refractivity contribution in [2.45, 2.75) is 0 Å². The molecule has 1 heterocycles. The lowest BCUT2D eigenvalue weighted by molar-refractivity contribution is 0.349. The molecule has 16 heavy (non-hydrogen) atoms. The fourth-order valence-electron chi connectivity index (χ4n) is 1.06. The molecule has 90 valence electrons. The predicted octanol–water partition coefficient (Wildman–Crippen LogP) is 2.35. The highest BCUT2D eigenvalue weighted by molar-refractivity contribution is 7.54. The van der Waals surface area contributed by atoms with Crippen molar-refractivity contribution in [3.05, 3.63) is 23.4 Å². The van der Waals surface area contributed by atoms with E-state index in [2.05, 4.69) is 4.98 Å². The number of rotatable bonds is 4. The number of nitrogens with zero attached hydrogens (tertiary/aromatic N) is 3. The van der Waals surface area contributed by atoms with Crippen LogP contribution in [0.4, 0.5) is 0 Å². The number of aromatic nitrogens is 1. The average Bonchev–Trinajstić information content (AvgIpc) is 2.20. The highest BCUT2D eigenvalue weighted by Crippen LogP contribution is 2.49. The molecule has 0 atom stereocenters. The molecule has 0 saturated carbocycles. The van der Waals surface area contributed by atoms with Gasteiger partial charge in [0, 0.05) is 12.3 Å². The molecule has 0 N–H and O–H groups in total. The van der Waals surface area contributed by atoms with Crippen LogP contribution >= 0.6 is 19.3 Å². The van der Waals surface area contributed by atoms with E-state index >= 15 is 0 Å². The zero-order valence-corrected chi connectivity index (χ0v) is 11.4. The monoisotopic (exact) mass is 263 g/mol. The number of hydrogen-bond acceptors (Lipinski definition) is 3. The zero-order valence-electron chi connectivity index (χ0n) is 9.72. The zero-order chi connectivity index (χ0) is 12.3. The van der Waals surface area contributed by atoms with Crippen molar-refractivity contribution in [3.63, 3.8) is 0 Å². The second-order valence-corrected chi connectivity index (χ2v) is 6.79. The van der Waals surface area contributed by atoms with Crippen LogP contribution in [0.25, 0.3) is 0 Å². The first-order valence-electron chi connectivity index (χ1n) is 4.63. The summed E-state index contributed by atoms with van der Waals surface area (Å²) in [6.07, 6.45) is 1.45. The summed E-state index contributed by atoms with van der Waals surface area (Å²) in [5.41, 5.74) is 0. The van der Waals surface area contributed by atoms with E-state index in [1.54, 1.807) is 40.3 Å². The molecule has 0 fully saturated rings. The summed E-state index contributed by atoms with van der Waals surface area (Å²) in [5.74, 6) is 0.287. The summed E-state index contributed by atoms with van der Waals surface area (Å²) in [6.45, 7) is 0. The molecule has 0 amide bonds. The van der Waals surface area contributed by atoms with Gasteiger partial charge in [0.1, 0.15) is 0 Å². The van der Waals surface area contributed by atoms with Crippen LogP contribution in [0.3, 0.4) is 0 Å². The molecule has 0 aliphatic carbocycles.